The molecule has 0 bridgehead atoms. The molecule has 0 saturated heterocycles. The Morgan fingerprint density at radius 3 is 2.00 bits per heavy atom. The predicted molar refractivity (Wildman–Crippen MR) is 48.0 cm³/mol. The monoisotopic (exact) mass is 207 g/mol. The minimum absolute atomic E-state index is 0. The number of benzene rings is 1. The van der Waals surface area contributed by atoms with Gasteiger partial charge in [0.15, 0.2) is 0 Å². The van der Waals surface area contributed by atoms with Gasteiger partial charge in [0.1, 0.15) is 0 Å². The van der Waals surface area contributed by atoms with Gasteiger partial charge in [0, 0.05) is 24.7 Å². The van der Waals surface area contributed by atoms with Gasteiger partial charge in [-0.15, -0.1) is 0 Å². The summed E-state index contributed by atoms with van der Waals surface area (Å²) in [5, 5.41) is 0. The standard InChI is InChI=1S/C8H11NO2S.Na/c1-9(2)7-3-5-8(6-4-7)12(10)11;/h3-6H,1-2H3,(H,10,11);/q;+1/p-1. The van der Waals surface area contributed by atoms with Crippen molar-refractivity contribution in [1.82, 2.24) is 0 Å². The first-order chi connectivity index (χ1) is 5.61. The Labute approximate surface area is 103 Å². The molecule has 0 aliphatic rings. The van der Waals surface area contributed by atoms with Crippen LogP contribution < -0.4 is 34.5 Å². The maximum atomic E-state index is 10.5. The van der Waals surface area contributed by atoms with Gasteiger partial charge in [-0.1, -0.05) is 0 Å². The van der Waals surface area contributed by atoms with Gasteiger partial charge in [0.25, 0.3) is 0 Å². The summed E-state index contributed by atoms with van der Waals surface area (Å²) < 4.78 is 20.9. The van der Waals surface area contributed by atoms with Crippen LogP contribution in [-0.4, -0.2) is 22.9 Å². The van der Waals surface area contributed by atoms with E-state index in [1.54, 1.807) is 24.3 Å². The van der Waals surface area contributed by atoms with E-state index in [0.717, 1.165) is 5.69 Å². The van der Waals surface area contributed by atoms with Gasteiger partial charge in [-0.25, -0.2) is 0 Å². The SMILES string of the molecule is CN(C)c1ccc(S(=O)[O-])cc1.[Na+]. The molecule has 0 amide bonds. The van der Waals surface area contributed by atoms with Gasteiger partial charge in [0.2, 0.25) is 0 Å². The molecule has 0 heterocycles. The van der Waals surface area contributed by atoms with E-state index in [9.17, 15) is 8.76 Å². The Bertz CT molecular complexity index is 287. The van der Waals surface area contributed by atoms with Gasteiger partial charge < -0.3 is 9.45 Å². The number of rotatable bonds is 2. The Balaban J connectivity index is 0.00000144. The zero-order valence-electron chi connectivity index (χ0n) is 7.98. The topological polar surface area (TPSA) is 43.4 Å². The zero-order valence-corrected chi connectivity index (χ0v) is 10.8. The van der Waals surface area contributed by atoms with Crippen LogP contribution in [0.15, 0.2) is 29.2 Å². The molecule has 0 fully saturated rings. The van der Waals surface area contributed by atoms with Crippen LogP contribution in [-0.2, 0) is 11.1 Å². The van der Waals surface area contributed by atoms with E-state index in [-0.39, 0.29) is 29.6 Å². The molecular weight excluding hydrogens is 197 g/mol. The van der Waals surface area contributed by atoms with Crippen molar-refractivity contribution in [3.05, 3.63) is 24.3 Å². The number of nitrogens with zero attached hydrogens (tertiary/aromatic N) is 1. The Morgan fingerprint density at radius 2 is 1.69 bits per heavy atom. The first kappa shape index (κ1) is 13.1. The minimum Gasteiger partial charge on any atom is -0.768 e. The second kappa shape index (κ2) is 5.78. The van der Waals surface area contributed by atoms with Crippen molar-refractivity contribution in [2.45, 2.75) is 4.90 Å². The molecule has 0 N–H and O–H groups in total. The van der Waals surface area contributed by atoms with Crippen molar-refractivity contribution in [3.8, 4) is 0 Å². The van der Waals surface area contributed by atoms with Crippen LogP contribution in [0.25, 0.3) is 0 Å². The summed E-state index contributed by atoms with van der Waals surface area (Å²) in [6.07, 6.45) is 0. The van der Waals surface area contributed by atoms with E-state index in [4.69, 9.17) is 0 Å². The third kappa shape index (κ3) is 3.79. The second-order valence-electron chi connectivity index (χ2n) is 2.62. The van der Waals surface area contributed by atoms with Crippen molar-refractivity contribution in [1.29, 1.82) is 0 Å². The molecule has 3 nitrogen and oxygen atoms in total. The molecule has 0 aromatic heterocycles. The molecule has 1 unspecified atom stereocenters. The van der Waals surface area contributed by atoms with Crippen LogP contribution >= 0.6 is 0 Å². The summed E-state index contributed by atoms with van der Waals surface area (Å²) in [6, 6.07) is 6.70. The molecular formula is C8H10NNaO2S. The third-order valence-electron chi connectivity index (χ3n) is 1.55. The first-order valence-electron chi connectivity index (χ1n) is 3.48. The van der Waals surface area contributed by atoms with Gasteiger partial charge in [-0.05, 0) is 35.3 Å². The Morgan fingerprint density at radius 1 is 1.23 bits per heavy atom. The van der Waals surface area contributed by atoms with Gasteiger partial charge in [0.05, 0.1) is 0 Å². The molecule has 0 spiro atoms. The Hall–Kier alpha value is 0.130. The number of hydrogen-bond donors (Lipinski definition) is 0. The largest absolute Gasteiger partial charge is 1.00 e. The molecule has 5 heteroatoms. The zero-order chi connectivity index (χ0) is 9.14. The molecule has 1 rings (SSSR count). The van der Waals surface area contributed by atoms with Crippen LogP contribution in [0.4, 0.5) is 5.69 Å². The summed E-state index contributed by atoms with van der Waals surface area (Å²) in [5.74, 6) is 0. The van der Waals surface area contributed by atoms with Crippen molar-refractivity contribution < 1.29 is 38.3 Å². The average Bonchev–Trinajstić information content (AvgIpc) is 2.04. The smallest absolute Gasteiger partial charge is 0.768 e. The van der Waals surface area contributed by atoms with Crippen molar-refractivity contribution >= 4 is 16.8 Å². The minimum atomic E-state index is -2.12. The third-order valence-corrected chi connectivity index (χ3v) is 2.20. The van der Waals surface area contributed by atoms with E-state index in [1.807, 2.05) is 19.0 Å². The van der Waals surface area contributed by atoms with Gasteiger partial charge in [-0.3, -0.25) is 4.21 Å². The second-order valence-corrected chi connectivity index (χ2v) is 3.56. The molecule has 1 aromatic rings. The predicted octanol–water partition coefficient (Wildman–Crippen LogP) is -2.01. The maximum Gasteiger partial charge on any atom is 1.00 e. The Kier molecular flexibility index (Phi) is 5.83. The van der Waals surface area contributed by atoms with Gasteiger partial charge in [-0.2, -0.15) is 0 Å². The first-order valence-corrected chi connectivity index (χ1v) is 4.55. The quantitative estimate of drug-likeness (QED) is 0.416. The molecule has 0 aliphatic heterocycles. The van der Waals surface area contributed by atoms with Crippen molar-refractivity contribution in [2.75, 3.05) is 19.0 Å². The molecule has 13 heavy (non-hydrogen) atoms. The van der Waals surface area contributed by atoms with Crippen LogP contribution in [0, 0.1) is 0 Å². The molecule has 66 valence electrons. The van der Waals surface area contributed by atoms with Crippen molar-refractivity contribution in [3.63, 3.8) is 0 Å². The summed E-state index contributed by atoms with van der Waals surface area (Å²) in [4.78, 5) is 2.23. The summed E-state index contributed by atoms with van der Waals surface area (Å²) in [7, 11) is 3.81. The van der Waals surface area contributed by atoms with Crippen LogP contribution in [0.5, 0.6) is 0 Å². The maximum absolute atomic E-state index is 10.5. The van der Waals surface area contributed by atoms with Gasteiger partial charge >= 0.3 is 29.6 Å². The van der Waals surface area contributed by atoms with E-state index in [0.29, 0.717) is 4.90 Å². The van der Waals surface area contributed by atoms with Crippen LogP contribution in [0.1, 0.15) is 0 Å². The molecule has 1 aromatic carbocycles. The molecule has 0 aliphatic carbocycles. The van der Waals surface area contributed by atoms with Crippen LogP contribution in [0.2, 0.25) is 0 Å². The molecule has 0 saturated carbocycles. The van der Waals surface area contributed by atoms with E-state index < -0.39 is 11.1 Å². The number of hydrogen-bond acceptors (Lipinski definition) is 3. The fourth-order valence-corrected chi connectivity index (χ4v) is 1.21. The van der Waals surface area contributed by atoms with E-state index in [2.05, 4.69) is 0 Å². The fraction of sp³-hybridized carbons (Fsp3) is 0.250. The molecule has 1 atom stereocenters. The normalized spacial score (nSPS) is 11.6. The summed E-state index contributed by atoms with van der Waals surface area (Å²) in [5.41, 5.74) is 0.990. The summed E-state index contributed by atoms with van der Waals surface area (Å²) >= 11 is -2.12. The van der Waals surface area contributed by atoms with E-state index in [1.165, 1.54) is 0 Å². The molecule has 0 radical (unpaired) electrons. The van der Waals surface area contributed by atoms with Crippen molar-refractivity contribution in [2.24, 2.45) is 0 Å². The number of anilines is 1. The summed E-state index contributed by atoms with van der Waals surface area (Å²) in [6.45, 7) is 0. The van der Waals surface area contributed by atoms with Crippen LogP contribution in [0.3, 0.4) is 0 Å². The fourth-order valence-electron chi connectivity index (χ4n) is 0.855. The van der Waals surface area contributed by atoms with E-state index >= 15 is 0 Å². The average molecular weight is 207 g/mol.